The molecule has 1 aromatic carbocycles. The quantitative estimate of drug-likeness (QED) is 0.679. The van der Waals surface area contributed by atoms with Crippen LogP contribution in [0.15, 0.2) is 29.3 Å². The summed E-state index contributed by atoms with van der Waals surface area (Å²) in [4.78, 5) is 25.5. The fraction of sp³-hybridized carbons (Fsp3) is 0.316. The number of hydrogen-bond donors (Lipinski definition) is 1. The van der Waals surface area contributed by atoms with Gasteiger partial charge >= 0.3 is 0 Å². The first kappa shape index (κ1) is 19.7. The summed E-state index contributed by atoms with van der Waals surface area (Å²) in [6, 6.07) is 1.95. The van der Waals surface area contributed by atoms with Gasteiger partial charge in [-0.15, -0.1) is 0 Å². The van der Waals surface area contributed by atoms with E-state index in [4.69, 9.17) is 0 Å². The topological polar surface area (TPSA) is 68.9 Å². The summed E-state index contributed by atoms with van der Waals surface area (Å²) in [5.74, 6) is -5.29. The number of aryl methyl sites for hydroxylation is 2. The Morgan fingerprint density at radius 3 is 2.54 bits per heavy atom. The zero-order chi connectivity index (χ0) is 20.6. The third-order valence-corrected chi connectivity index (χ3v) is 4.71. The van der Waals surface area contributed by atoms with E-state index < -0.39 is 34.8 Å². The van der Waals surface area contributed by atoms with Crippen molar-refractivity contribution in [2.75, 3.05) is 0 Å². The molecule has 1 atom stereocenters. The summed E-state index contributed by atoms with van der Waals surface area (Å²) >= 11 is 0. The van der Waals surface area contributed by atoms with E-state index in [1.54, 1.807) is 30.9 Å². The first-order valence-corrected chi connectivity index (χ1v) is 8.79. The van der Waals surface area contributed by atoms with Gasteiger partial charge in [0.1, 0.15) is 5.56 Å². The Morgan fingerprint density at radius 2 is 1.96 bits per heavy atom. The SMILES string of the molecule is CC[C@H](NC(=O)c1cn(CC)c2c(F)c(F)c(F)cc2c1=O)c1ccnn1C. The highest BCUT2D eigenvalue weighted by Crippen LogP contribution is 2.22. The van der Waals surface area contributed by atoms with E-state index in [0.29, 0.717) is 12.5 Å². The molecule has 2 aromatic heterocycles. The first-order valence-electron chi connectivity index (χ1n) is 8.79. The minimum atomic E-state index is -1.66. The molecule has 0 aliphatic carbocycles. The number of rotatable bonds is 5. The van der Waals surface area contributed by atoms with Gasteiger partial charge in [-0.25, -0.2) is 13.2 Å². The normalized spacial score (nSPS) is 12.4. The van der Waals surface area contributed by atoms with Gasteiger partial charge in [-0.2, -0.15) is 5.10 Å². The lowest BCUT2D eigenvalue weighted by molar-refractivity contribution is 0.0932. The number of amides is 1. The predicted octanol–water partition coefficient (Wildman–Crippen LogP) is 3.05. The molecule has 1 N–H and O–H groups in total. The fourth-order valence-electron chi connectivity index (χ4n) is 3.22. The maximum absolute atomic E-state index is 14.2. The third kappa shape index (κ3) is 3.17. The zero-order valence-corrected chi connectivity index (χ0v) is 15.6. The summed E-state index contributed by atoms with van der Waals surface area (Å²) in [6.45, 7) is 3.64. The lowest BCUT2D eigenvalue weighted by Crippen LogP contribution is -2.33. The Hall–Kier alpha value is -3.10. The molecule has 3 rings (SSSR count). The summed E-state index contributed by atoms with van der Waals surface area (Å²) in [5.41, 5.74) is -0.775. The summed E-state index contributed by atoms with van der Waals surface area (Å²) in [6.07, 6.45) is 3.29. The van der Waals surface area contributed by atoms with E-state index in [1.807, 2.05) is 6.92 Å². The number of nitrogens with zero attached hydrogens (tertiary/aromatic N) is 3. The van der Waals surface area contributed by atoms with Crippen LogP contribution >= 0.6 is 0 Å². The molecule has 0 fully saturated rings. The van der Waals surface area contributed by atoms with Crippen molar-refractivity contribution in [3.05, 3.63) is 63.5 Å². The summed E-state index contributed by atoms with van der Waals surface area (Å²) < 4.78 is 44.4. The maximum atomic E-state index is 14.2. The maximum Gasteiger partial charge on any atom is 0.257 e. The Bertz CT molecular complexity index is 1120. The molecular formula is C19H19F3N4O2. The second-order valence-electron chi connectivity index (χ2n) is 6.35. The van der Waals surface area contributed by atoms with E-state index in [2.05, 4.69) is 10.4 Å². The van der Waals surface area contributed by atoms with E-state index in [9.17, 15) is 22.8 Å². The standard InChI is InChI=1S/C19H19F3N4O2/c1-4-13(14-6-7-23-25(14)3)24-19(28)11-9-26(5-2)17-10(18(11)27)8-12(20)15(21)16(17)22/h6-9,13H,4-5H2,1-3H3,(H,24,28)/t13-/m0/s1. The molecule has 9 heteroatoms. The number of nitrogens with one attached hydrogen (secondary N) is 1. The van der Waals surface area contributed by atoms with Crippen LogP contribution in [0, 0.1) is 17.5 Å². The largest absolute Gasteiger partial charge is 0.344 e. The molecule has 1 amide bonds. The number of aromatic nitrogens is 3. The van der Waals surface area contributed by atoms with Gasteiger partial charge in [-0.1, -0.05) is 6.92 Å². The van der Waals surface area contributed by atoms with E-state index >= 15 is 0 Å². The van der Waals surface area contributed by atoms with Gasteiger partial charge in [0.05, 0.1) is 22.6 Å². The molecule has 0 spiro atoms. The van der Waals surface area contributed by atoms with Crippen molar-refractivity contribution < 1.29 is 18.0 Å². The number of benzene rings is 1. The third-order valence-electron chi connectivity index (χ3n) is 4.71. The number of carbonyl (C=O) groups is 1. The van der Waals surface area contributed by atoms with Gasteiger partial charge in [0.2, 0.25) is 5.43 Å². The molecule has 0 aliphatic heterocycles. The van der Waals surface area contributed by atoms with Crippen molar-refractivity contribution in [1.82, 2.24) is 19.7 Å². The number of halogens is 3. The zero-order valence-electron chi connectivity index (χ0n) is 15.6. The van der Waals surface area contributed by atoms with Crippen LogP contribution in [0.3, 0.4) is 0 Å². The average molecular weight is 392 g/mol. The Labute approximate surface area is 158 Å². The molecule has 0 unspecified atom stereocenters. The summed E-state index contributed by atoms with van der Waals surface area (Å²) in [7, 11) is 1.73. The monoisotopic (exact) mass is 392 g/mol. The van der Waals surface area contributed by atoms with Crippen molar-refractivity contribution in [3.8, 4) is 0 Å². The van der Waals surface area contributed by atoms with Crippen molar-refractivity contribution in [3.63, 3.8) is 0 Å². The Morgan fingerprint density at radius 1 is 1.25 bits per heavy atom. The minimum absolute atomic E-state index is 0.151. The van der Waals surface area contributed by atoms with Crippen LogP contribution in [0.1, 0.15) is 42.4 Å². The lowest BCUT2D eigenvalue weighted by atomic mass is 10.1. The van der Waals surface area contributed by atoms with Gasteiger partial charge in [0.15, 0.2) is 17.5 Å². The number of hydrogen-bond acceptors (Lipinski definition) is 3. The van der Waals surface area contributed by atoms with Crippen molar-refractivity contribution in [2.45, 2.75) is 32.9 Å². The van der Waals surface area contributed by atoms with E-state index in [1.165, 1.54) is 4.57 Å². The highest BCUT2D eigenvalue weighted by atomic mass is 19.2. The smallest absolute Gasteiger partial charge is 0.257 e. The molecule has 0 saturated carbocycles. The number of pyridine rings is 1. The molecule has 0 saturated heterocycles. The van der Waals surface area contributed by atoms with Crippen molar-refractivity contribution in [1.29, 1.82) is 0 Å². The van der Waals surface area contributed by atoms with Gasteiger partial charge < -0.3 is 9.88 Å². The molecule has 6 nitrogen and oxygen atoms in total. The van der Waals surface area contributed by atoms with Gasteiger partial charge in [0, 0.05) is 26.0 Å². The van der Waals surface area contributed by atoms with Crippen LogP contribution in [-0.2, 0) is 13.6 Å². The second-order valence-corrected chi connectivity index (χ2v) is 6.35. The van der Waals surface area contributed by atoms with Crippen molar-refractivity contribution >= 4 is 16.8 Å². The van der Waals surface area contributed by atoms with Crippen LogP contribution in [0.25, 0.3) is 10.9 Å². The molecule has 28 heavy (non-hydrogen) atoms. The highest BCUT2D eigenvalue weighted by Gasteiger charge is 2.24. The van der Waals surface area contributed by atoms with E-state index in [0.717, 1.165) is 11.9 Å². The highest BCUT2D eigenvalue weighted by molar-refractivity contribution is 5.97. The second kappa shape index (κ2) is 7.49. The van der Waals surface area contributed by atoms with Gasteiger partial charge in [0.25, 0.3) is 5.91 Å². The van der Waals surface area contributed by atoms with Crippen LogP contribution in [0.2, 0.25) is 0 Å². The van der Waals surface area contributed by atoms with Gasteiger partial charge in [-0.3, -0.25) is 14.3 Å². The first-order chi connectivity index (χ1) is 13.3. The van der Waals surface area contributed by atoms with E-state index in [-0.39, 0.29) is 23.0 Å². The molecule has 3 aromatic rings. The molecule has 0 aliphatic rings. The van der Waals surface area contributed by atoms with Crippen LogP contribution < -0.4 is 10.7 Å². The average Bonchev–Trinajstić information content (AvgIpc) is 3.10. The predicted molar refractivity (Wildman–Crippen MR) is 97.5 cm³/mol. The fourth-order valence-corrected chi connectivity index (χ4v) is 3.22. The molecular weight excluding hydrogens is 373 g/mol. The lowest BCUT2D eigenvalue weighted by Gasteiger charge is -2.18. The van der Waals surface area contributed by atoms with Gasteiger partial charge in [-0.05, 0) is 25.5 Å². The molecule has 0 radical (unpaired) electrons. The number of fused-ring (bicyclic) bond motifs is 1. The van der Waals surface area contributed by atoms with Crippen LogP contribution in [0.5, 0.6) is 0 Å². The Balaban J connectivity index is 2.11. The molecule has 0 bridgehead atoms. The summed E-state index contributed by atoms with van der Waals surface area (Å²) in [5, 5.41) is 6.42. The number of carbonyl (C=O) groups excluding carboxylic acids is 1. The molecule has 148 valence electrons. The Kier molecular flexibility index (Phi) is 5.26. The minimum Gasteiger partial charge on any atom is -0.344 e. The van der Waals surface area contributed by atoms with Crippen LogP contribution in [-0.4, -0.2) is 20.3 Å². The molecule has 2 heterocycles. The van der Waals surface area contributed by atoms with Crippen LogP contribution in [0.4, 0.5) is 13.2 Å². The van der Waals surface area contributed by atoms with Crippen molar-refractivity contribution in [2.24, 2.45) is 7.05 Å².